The third-order valence-corrected chi connectivity index (χ3v) is 5.55. The fraction of sp³-hybridized carbons (Fsp3) is 0.318. The first kappa shape index (κ1) is 18.2. The summed E-state index contributed by atoms with van der Waals surface area (Å²) in [5.41, 5.74) is 2.20. The van der Waals surface area contributed by atoms with Crippen molar-refractivity contribution < 1.29 is 14.4 Å². The molecule has 6 heteroatoms. The second-order valence-corrected chi connectivity index (χ2v) is 7.33. The molecule has 2 aliphatic heterocycles. The standard InChI is InChI=1S/C22H23N3O3/c26-20(25-12-10-16(11-13-25)15-6-2-1-3-7-15)14-19-22(28)23-18-9-5-4-8-17(18)21(27)24-19/h1-9,16,19H,10-14H2,(H,23,28)(H,24,27). The molecule has 1 unspecified atom stereocenters. The Labute approximate surface area is 163 Å². The number of fused-ring (bicyclic) bond motifs is 1. The van der Waals surface area contributed by atoms with Crippen molar-refractivity contribution in [3.8, 4) is 0 Å². The maximum atomic E-state index is 12.7. The van der Waals surface area contributed by atoms with E-state index in [1.165, 1.54) is 5.56 Å². The zero-order valence-corrected chi connectivity index (χ0v) is 15.6. The quantitative estimate of drug-likeness (QED) is 0.863. The summed E-state index contributed by atoms with van der Waals surface area (Å²) in [6.45, 7) is 1.34. The van der Waals surface area contributed by atoms with Gasteiger partial charge in [-0.15, -0.1) is 0 Å². The van der Waals surface area contributed by atoms with Gasteiger partial charge in [0.2, 0.25) is 11.8 Å². The van der Waals surface area contributed by atoms with Gasteiger partial charge < -0.3 is 15.5 Å². The van der Waals surface area contributed by atoms with Crippen LogP contribution in [0.1, 0.15) is 41.1 Å². The molecule has 4 rings (SSSR count). The molecule has 2 aromatic rings. The van der Waals surface area contributed by atoms with E-state index in [-0.39, 0.29) is 24.1 Å². The largest absolute Gasteiger partial charge is 0.343 e. The minimum absolute atomic E-state index is 0.0262. The summed E-state index contributed by atoms with van der Waals surface area (Å²) in [5, 5.41) is 5.44. The Morgan fingerprint density at radius 2 is 1.64 bits per heavy atom. The van der Waals surface area contributed by atoms with Crippen LogP contribution in [0, 0.1) is 0 Å². The molecule has 28 heavy (non-hydrogen) atoms. The molecule has 0 spiro atoms. The molecule has 0 aliphatic carbocycles. The van der Waals surface area contributed by atoms with Crippen molar-refractivity contribution in [3.05, 3.63) is 65.7 Å². The number of hydrogen-bond acceptors (Lipinski definition) is 3. The molecule has 0 saturated carbocycles. The highest BCUT2D eigenvalue weighted by atomic mass is 16.2. The SMILES string of the molecule is O=C1NC(CC(=O)N2CCC(c3ccccc3)CC2)C(=O)Nc2ccccc21. The molecule has 1 atom stereocenters. The Morgan fingerprint density at radius 1 is 0.964 bits per heavy atom. The molecule has 0 bridgehead atoms. The van der Waals surface area contributed by atoms with Crippen LogP contribution < -0.4 is 10.6 Å². The van der Waals surface area contributed by atoms with Crippen LogP contribution in [0.25, 0.3) is 0 Å². The maximum absolute atomic E-state index is 12.7. The van der Waals surface area contributed by atoms with Gasteiger partial charge in [-0.25, -0.2) is 0 Å². The lowest BCUT2D eigenvalue weighted by atomic mass is 9.89. The smallest absolute Gasteiger partial charge is 0.254 e. The zero-order chi connectivity index (χ0) is 19.5. The topological polar surface area (TPSA) is 78.5 Å². The van der Waals surface area contributed by atoms with Crippen LogP contribution in [0.5, 0.6) is 0 Å². The van der Waals surface area contributed by atoms with Crippen LogP contribution in [-0.4, -0.2) is 41.8 Å². The number of para-hydroxylation sites is 1. The van der Waals surface area contributed by atoms with Gasteiger partial charge >= 0.3 is 0 Å². The molecule has 0 aromatic heterocycles. The van der Waals surface area contributed by atoms with Crippen molar-refractivity contribution in [1.29, 1.82) is 0 Å². The highest BCUT2D eigenvalue weighted by Gasteiger charge is 2.32. The number of nitrogens with zero attached hydrogens (tertiary/aromatic N) is 1. The van der Waals surface area contributed by atoms with Gasteiger partial charge in [0.1, 0.15) is 6.04 Å². The van der Waals surface area contributed by atoms with Crippen LogP contribution in [-0.2, 0) is 9.59 Å². The molecule has 1 saturated heterocycles. The third kappa shape index (κ3) is 3.76. The normalized spacial score (nSPS) is 20.0. The van der Waals surface area contributed by atoms with Crippen LogP contribution in [0.15, 0.2) is 54.6 Å². The van der Waals surface area contributed by atoms with Crippen molar-refractivity contribution in [1.82, 2.24) is 10.2 Å². The molecule has 3 amide bonds. The van der Waals surface area contributed by atoms with Crippen LogP contribution in [0.2, 0.25) is 0 Å². The maximum Gasteiger partial charge on any atom is 0.254 e. The van der Waals surface area contributed by atoms with E-state index in [0.717, 1.165) is 12.8 Å². The molecular weight excluding hydrogens is 354 g/mol. The van der Waals surface area contributed by atoms with E-state index in [4.69, 9.17) is 0 Å². The van der Waals surface area contributed by atoms with Crippen molar-refractivity contribution >= 4 is 23.4 Å². The molecule has 2 N–H and O–H groups in total. The summed E-state index contributed by atoms with van der Waals surface area (Å²) in [5.74, 6) is -0.334. The van der Waals surface area contributed by atoms with E-state index in [1.54, 1.807) is 29.2 Å². The van der Waals surface area contributed by atoms with E-state index in [1.807, 2.05) is 18.2 Å². The fourth-order valence-corrected chi connectivity index (χ4v) is 3.95. The molecule has 2 aliphatic rings. The Kier molecular flexibility index (Phi) is 5.10. The summed E-state index contributed by atoms with van der Waals surface area (Å²) < 4.78 is 0. The number of piperidine rings is 1. The average Bonchev–Trinajstić information content (AvgIpc) is 2.85. The Bertz CT molecular complexity index is 889. The molecule has 2 aromatic carbocycles. The van der Waals surface area contributed by atoms with Gasteiger partial charge in [0.05, 0.1) is 17.7 Å². The Morgan fingerprint density at radius 3 is 2.39 bits per heavy atom. The third-order valence-electron chi connectivity index (χ3n) is 5.55. The van der Waals surface area contributed by atoms with Gasteiger partial charge in [0.15, 0.2) is 0 Å². The van der Waals surface area contributed by atoms with Crippen LogP contribution in [0.4, 0.5) is 5.69 Å². The number of amides is 3. The molecule has 6 nitrogen and oxygen atoms in total. The first-order valence-electron chi connectivity index (χ1n) is 9.65. The van der Waals surface area contributed by atoms with E-state index in [9.17, 15) is 14.4 Å². The first-order valence-corrected chi connectivity index (χ1v) is 9.65. The number of carbonyl (C=O) groups excluding carboxylic acids is 3. The van der Waals surface area contributed by atoms with Crippen molar-refractivity contribution in [2.24, 2.45) is 0 Å². The monoisotopic (exact) mass is 377 g/mol. The van der Waals surface area contributed by atoms with Gasteiger partial charge in [-0.1, -0.05) is 42.5 Å². The average molecular weight is 377 g/mol. The molecule has 2 heterocycles. The molecule has 1 fully saturated rings. The van der Waals surface area contributed by atoms with Gasteiger partial charge in [-0.2, -0.15) is 0 Å². The van der Waals surface area contributed by atoms with E-state index < -0.39 is 6.04 Å². The zero-order valence-electron chi connectivity index (χ0n) is 15.6. The van der Waals surface area contributed by atoms with E-state index in [0.29, 0.717) is 30.3 Å². The summed E-state index contributed by atoms with van der Waals surface area (Å²) in [6.07, 6.45) is 1.79. The predicted octanol–water partition coefficient (Wildman–Crippen LogP) is 2.53. The Balaban J connectivity index is 1.37. The number of benzene rings is 2. The molecule has 144 valence electrons. The van der Waals surface area contributed by atoms with Crippen molar-refractivity contribution in [3.63, 3.8) is 0 Å². The van der Waals surface area contributed by atoms with Gasteiger partial charge in [0, 0.05) is 13.1 Å². The summed E-state index contributed by atoms with van der Waals surface area (Å²) >= 11 is 0. The number of carbonyl (C=O) groups is 3. The minimum Gasteiger partial charge on any atom is -0.343 e. The van der Waals surface area contributed by atoms with Crippen molar-refractivity contribution in [2.45, 2.75) is 31.2 Å². The van der Waals surface area contributed by atoms with Gasteiger partial charge in [-0.3, -0.25) is 14.4 Å². The lowest BCUT2D eigenvalue weighted by Crippen LogP contribution is -2.46. The molecular formula is C22H23N3O3. The number of nitrogens with one attached hydrogen (secondary N) is 2. The molecule has 0 radical (unpaired) electrons. The summed E-state index contributed by atoms with van der Waals surface area (Å²) in [6, 6.07) is 16.3. The lowest BCUT2D eigenvalue weighted by Gasteiger charge is -2.33. The van der Waals surface area contributed by atoms with Crippen LogP contribution >= 0.6 is 0 Å². The lowest BCUT2D eigenvalue weighted by molar-refractivity contribution is -0.134. The number of hydrogen-bond donors (Lipinski definition) is 2. The van der Waals surface area contributed by atoms with Crippen molar-refractivity contribution in [2.75, 3.05) is 18.4 Å². The first-order chi connectivity index (χ1) is 13.6. The Hall–Kier alpha value is -3.15. The minimum atomic E-state index is -0.862. The van der Waals surface area contributed by atoms with E-state index >= 15 is 0 Å². The highest BCUT2D eigenvalue weighted by molar-refractivity contribution is 6.10. The highest BCUT2D eigenvalue weighted by Crippen LogP contribution is 2.28. The second-order valence-electron chi connectivity index (χ2n) is 7.33. The number of anilines is 1. The fourth-order valence-electron chi connectivity index (χ4n) is 3.95. The van der Waals surface area contributed by atoms with E-state index in [2.05, 4.69) is 22.8 Å². The predicted molar refractivity (Wildman–Crippen MR) is 106 cm³/mol. The summed E-state index contributed by atoms with van der Waals surface area (Å²) in [4.78, 5) is 39.4. The van der Waals surface area contributed by atoms with Crippen LogP contribution in [0.3, 0.4) is 0 Å². The summed E-state index contributed by atoms with van der Waals surface area (Å²) in [7, 11) is 0. The second kappa shape index (κ2) is 7.84. The number of rotatable bonds is 3. The van der Waals surface area contributed by atoms with Gasteiger partial charge in [0.25, 0.3) is 5.91 Å². The van der Waals surface area contributed by atoms with Gasteiger partial charge in [-0.05, 0) is 36.5 Å². The number of likely N-dealkylation sites (tertiary alicyclic amines) is 1.